The fraction of sp³-hybridized carbons (Fsp3) is 0.579. The minimum absolute atomic E-state index is 0.106. The third-order valence-electron chi connectivity index (χ3n) is 5.26. The third kappa shape index (κ3) is 3.95. The summed E-state index contributed by atoms with van der Waals surface area (Å²) in [5.41, 5.74) is 1.22. The van der Waals surface area contributed by atoms with Crippen molar-refractivity contribution >= 4 is 12.2 Å². The van der Waals surface area contributed by atoms with Crippen LogP contribution in [0.25, 0.3) is 0 Å². The maximum atomic E-state index is 11.6. The molecule has 2 unspecified atom stereocenters. The summed E-state index contributed by atoms with van der Waals surface area (Å²) in [7, 11) is 0. The second-order valence-corrected chi connectivity index (χ2v) is 6.71. The minimum atomic E-state index is 0.106. The number of carbonyl (C=O) groups excluding carboxylic acids is 2. The third-order valence-corrected chi connectivity index (χ3v) is 5.26. The van der Waals surface area contributed by atoms with Crippen molar-refractivity contribution in [3.63, 3.8) is 0 Å². The van der Waals surface area contributed by atoms with E-state index < -0.39 is 0 Å². The van der Waals surface area contributed by atoms with E-state index in [4.69, 9.17) is 9.47 Å². The van der Waals surface area contributed by atoms with Crippen molar-refractivity contribution < 1.29 is 19.1 Å². The lowest BCUT2D eigenvalue weighted by molar-refractivity contribution is -0.128. The largest absolute Gasteiger partial charge is 0.454 e. The van der Waals surface area contributed by atoms with Crippen LogP contribution >= 0.6 is 0 Å². The van der Waals surface area contributed by atoms with Gasteiger partial charge in [0.1, 0.15) is 6.29 Å². The molecule has 1 aromatic rings. The molecule has 1 saturated heterocycles. The molecule has 1 amide bonds. The molecule has 0 spiro atoms. The summed E-state index contributed by atoms with van der Waals surface area (Å²) in [5, 5.41) is 0. The number of rotatable bonds is 7. The predicted octanol–water partition coefficient (Wildman–Crippen LogP) is 2.03. The van der Waals surface area contributed by atoms with Gasteiger partial charge in [-0.1, -0.05) is 6.07 Å². The van der Waals surface area contributed by atoms with E-state index in [2.05, 4.69) is 17.0 Å². The summed E-state index contributed by atoms with van der Waals surface area (Å²) in [6.45, 7) is 6.64. The van der Waals surface area contributed by atoms with Gasteiger partial charge in [-0.2, -0.15) is 0 Å². The molecule has 2 aliphatic rings. The Labute approximate surface area is 148 Å². The average molecular weight is 346 g/mol. The molecule has 3 rings (SSSR count). The highest BCUT2D eigenvalue weighted by Crippen LogP contribution is 2.39. The summed E-state index contributed by atoms with van der Waals surface area (Å²) in [6, 6.07) is 6.42. The standard InChI is InChI=1S/C19H26N2O4/c1-3-20(14(2)23)7-6-17-10-16(12-21(17)8-9-22)15-4-5-18-19(11-15)25-13-24-18/h4-5,9,11,16-17H,3,6-8,10,12-13H2,1-2H3. The van der Waals surface area contributed by atoms with E-state index in [-0.39, 0.29) is 12.7 Å². The zero-order chi connectivity index (χ0) is 17.8. The first-order valence-electron chi connectivity index (χ1n) is 8.95. The SMILES string of the molecule is CCN(CCC1CC(c2ccc3c(c2)OCO3)CN1CC=O)C(C)=O. The van der Waals surface area contributed by atoms with Crippen LogP contribution in [0.5, 0.6) is 11.5 Å². The van der Waals surface area contributed by atoms with Crippen LogP contribution in [-0.2, 0) is 9.59 Å². The van der Waals surface area contributed by atoms with Crippen LogP contribution in [-0.4, -0.2) is 61.0 Å². The Morgan fingerprint density at radius 3 is 2.88 bits per heavy atom. The van der Waals surface area contributed by atoms with Crippen molar-refractivity contribution in [2.75, 3.05) is 33.0 Å². The number of benzene rings is 1. The Kier molecular flexibility index (Phi) is 5.58. The fourth-order valence-electron chi connectivity index (χ4n) is 3.86. The molecule has 6 heteroatoms. The Morgan fingerprint density at radius 1 is 1.36 bits per heavy atom. The van der Waals surface area contributed by atoms with Crippen LogP contribution in [0.4, 0.5) is 0 Å². The van der Waals surface area contributed by atoms with Gasteiger partial charge in [0.25, 0.3) is 0 Å². The number of hydrogen-bond acceptors (Lipinski definition) is 5. The molecule has 0 bridgehead atoms. The molecule has 0 saturated carbocycles. The summed E-state index contributed by atoms with van der Waals surface area (Å²) in [5.74, 6) is 2.07. The van der Waals surface area contributed by atoms with Crippen molar-refractivity contribution in [2.45, 2.75) is 38.6 Å². The summed E-state index contributed by atoms with van der Waals surface area (Å²) < 4.78 is 10.9. The molecule has 0 radical (unpaired) electrons. The Hall–Kier alpha value is -2.08. The number of fused-ring (bicyclic) bond motifs is 1. The van der Waals surface area contributed by atoms with Crippen LogP contribution in [0.1, 0.15) is 38.2 Å². The van der Waals surface area contributed by atoms with Crippen molar-refractivity contribution in [3.05, 3.63) is 23.8 Å². The van der Waals surface area contributed by atoms with Gasteiger partial charge in [0.2, 0.25) is 12.7 Å². The zero-order valence-electron chi connectivity index (χ0n) is 14.9. The van der Waals surface area contributed by atoms with Gasteiger partial charge >= 0.3 is 0 Å². The molecule has 0 N–H and O–H groups in total. The monoisotopic (exact) mass is 346 g/mol. The van der Waals surface area contributed by atoms with Gasteiger partial charge in [-0.3, -0.25) is 9.69 Å². The second-order valence-electron chi connectivity index (χ2n) is 6.71. The molecule has 2 aliphatic heterocycles. The quantitative estimate of drug-likeness (QED) is 0.707. The maximum absolute atomic E-state index is 11.6. The van der Waals surface area contributed by atoms with Gasteiger partial charge in [0.05, 0.1) is 6.54 Å². The van der Waals surface area contributed by atoms with E-state index >= 15 is 0 Å². The summed E-state index contributed by atoms with van der Waals surface area (Å²) >= 11 is 0. The normalized spacial score (nSPS) is 22.2. The zero-order valence-corrected chi connectivity index (χ0v) is 14.9. The molecule has 25 heavy (non-hydrogen) atoms. The van der Waals surface area contributed by atoms with Crippen LogP contribution in [0.3, 0.4) is 0 Å². The number of aldehydes is 1. The van der Waals surface area contributed by atoms with Gasteiger partial charge < -0.3 is 19.2 Å². The number of likely N-dealkylation sites (tertiary alicyclic amines) is 1. The first-order chi connectivity index (χ1) is 12.1. The van der Waals surface area contributed by atoms with E-state index in [0.717, 1.165) is 50.3 Å². The average Bonchev–Trinajstić information content (AvgIpc) is 3.21. The van der Waals surface area contributed by atoms with Gasteiger partial charge in [0, 0.05) is 32.6 Å². The highest BCUT2D eigenvalue weighted by Gasteiger charge is 2.33. The first-order valence-corrected chi connectivity index (χ1v) is 8.95. The molecule has 6 nitrogen and oxygen atoms in total. The van der Waals surface area contributed by atoms with Crippen LogP contribution < -0.4 is 9.47 Å². The maximum Gasteiger partial charge on any atom is 0.231 e. The van der Waals surface area contributed by atoms with Crippen LogP contribution in [0, 0.1) is 0 Å². The number of ether oxygens (including phenoxy) is 2. The smallest absolute Gasteiger partial charge is 0.231 e. The van der Waals surface area contributed by atoms with Gasteiger partial charge in [-0.25, -0.2) is 0 Å². The number of nitrogens with zero attached hydrogens (tertiary/aromatic N) is 2. The highest BCUT2D eigenvalue weighted by molar-refractivity contribution is 5.73. The predicted molar refractivity (Wildman–Crippen MR) is 93.9 cm³/mol. The van der Waals surface area contributed by atoms with Crippen molar-refractivity contribution in [1.29, 1.82) is 0 Å². The van der Waals surface area contributed by atoms with Gasteiger partial charge in [0.15, 0.2) is 11.5 Å². The lowest BCUT2D eigenvalue weighted by Crippen LogP contribution is -2.36. The van der Waals surface area contributed by atoms with E-state index in [1.807, 2.05) is 17.9 Å². The van der Waals surface area contributed by atoms with Crippen molar-refractivity contribution in [1.82, 2.24) is 9.80 Å². The molecule has 2 atom stereocenters. The van der Waals surface area contributed by atoms with E-state index in [9.17, 15) is 9.59 Å². The topological polar surface area (TPSA) is 59.1 Å². The second kappa shape index (κ2) is 7.87. The molecular formula is C19H26N2O4. The van der Waals surface area contributed by atoms with E-state index in [1.54, 1.807) is 6.92 Å². The Bertz CT molecular complexity index is 634. The molecule has 1 aromatic carbocycles. The number of amides is 1. The van der Waals surface area contributed by atoms with Crippen molar-refractivity contribution in [2.24, 2.45) is 0 Å². The van der Waals surface area contributed by atoms with Crippen LogP contribution in [0.15, 0.2) is 18.2 Å². The van der Waals surface area contributed by atoms with Gasteiger partial charge in [-0.15, -0.1) is 0 Å². The number of hydrogen-bond donors (Lipinski definition) is 0. The van der Waals surface area contributed by atoms with Gasteiger partial charge in [-0.05, 0) is 43.4 Å². The minimum Gasteiger partial charge on any atom is -0.454 e. The molecular weight excluding hydrogens is 320 g/mol. The lowest BCUT2D eigenvalue weighted by atomic mass is 9.95. The molecule has 2 heterocycles. The fourth-order valence-corrected chi connectivity index (χ4v) is 3.86. The van der Waals surface area contributed by atoms with Crippen molar-refractivity contribution in [3.8, 4) is 11.5 Å². The Morgan fingerprint density at radius 2 is 2.16 bits per heavy atom. The lowest BCUT2D eigenvalue weighted by Gasteiger charge is -2.25. The highest BCUT2D eigenvalue weighted by atomic mass is 16.7. The first kappa shape index (κ1) is 17.7. The molecule has 136 valence electrons. The molecule has 1 fully saturated rings. The Balaban J connectivity index is 1.67. The molecule has 0 aliphatic carbocycles. The summed E-state index contributed by atoms with van der Waals surface area (Å²) in [4.78, 5) is 26.8. The van der Waals surface area contributed by atoms with Crippen LogP contribution in [0.2, 0.25) is 0 Å². The molecule has 0 aromatic heterocycles. The van der Waals surface area contributed by atoms with E-state index in [0.29, 0.717) is 18.5 Å². The summed E-state index contributed by atoms with van der Waals surface area (Å²) in [6.07, 6.45) is 2.85. The van der Waals surface area contributed by atoms with E-state index in [1.165, 1.54) is 5.56 Å². The number of carbonyl (C=O) groups is 2.